The third-order valence-corrected chi connectivity index (χ3v) is 0. The Kier molecular flexibility index (Phi) is 86.6. The van der Waals surface area contributed by atoms with E-state index in [0.29, 0.717) is 0 Å². The Morgan fingerprint density at radius 3 is 0.875 bits per heavy atom. The zero-order chi connectivity index (χ0) is 5.41. The minimum Gasteiger partial charge on any atom is -0.855 e. The predicted octanol–water partition coefficient (Wildman–Crippen LogP) is -7.26. The molecule has 40 valence electrons. The van der Waals surface area contributed by atoms with Crippen LogP contribution in [0.25, 0.3) is 0 Å². The molecule has 0 rings (SSSR count). The fourth-order valence-corrected chi connectivity index (χ4v) is 0. The standard InChI is InChI=1S/2C2H5O.2Cs/c2*1-2-3;;/h2*2H2,1H3;;/q2*-1;2*+1. The summed E-state index contributed by atoms with van der Waals surface area (Å²) < 4.78 is 0. The molecule has 0 atom stereocenters. The van der Waals surface area contributed by atoms with E-state index in [9.17, 15) is 0 Å². The van der Waals surface area contributed by atoms with Gasteiger partial charge in [-0.3, -0.25) is 0 Å². The maximum absolute atomic E-state index is 8.93. The molecular formula is C4H10Cs2O2. The SMILES string of the molecule is CC[O-].CC[O-].[Cs+].[Cs+]. The van der Waals surface area contributed by atoms with E-state index < -0.39 is 0 Å². The number of rotatable bonds is 0. The molecular weight excluding hydrogens is 346 g/mol. The smallest absolute Gasteiger partial charge is 0.855 e. The van der Waals surface area contributed by atoms with Crippen molar-refractivity contribution in [1.82, 2.24) is 0 Å². The van der Waals surface area contributed by atoms with Crippen LogP contribution in [0, 0.1) is 0 Å². The second kappa shape index (κ2) is 30.5. The van der Waals surface area contributed by atoms with E-state index in [4.69, 9.17) is 10.2 Å². The molecule has 0 unspecified atom stereocenters. The first-order valence-electron chi connectivity index (χ1n) is 1.99. The van der Waals surface area contributed by atoms with Crippen molar-refractivity contribution in [2.24, 2.45) is 0 Å². The van der Waals surface area contributed by atoms with E-state index >= 15 is 0 Å². The van der Waals surface area contributed by atoms with Crippen LogP contribution in [0.3, 0.4) is 0 Å². The maximum atomic E-state index is 8.93. The second-order valence-electron chi connectivity index (χ2n) is 0.577. The first-order valence-corrected chi connectivity index (χ1v) is 1.99. The van der Waals surface area contributed by atoms with Gasteiger partial charge >= 0.3 is 138 Å². The summed E-state index contributed by atoms with van der Waals surface area (Å²) in [6, 6.07) is 0. The monoisotopic (exact) mass is 356 g/mol. The molecule has 0 heterocycles. The zero-order valence-electron chi connectivity index (χ0n) is 6.23. The van der Waals surface area contributed by atoms with Crippen LogP contribution in [0.1, 0.15) is 13.8 Å². The van der Waals surface area contributed by atoms with E-state index in [-0.39, 0.29) is 151 Å². The third-order valence-electron chi connectivity index (χ3n) is 0. The first kappa shape index (κ1) is 22.7. The van der Waals surface area contributed by atoms with Gasteiger partial charge in [0.15, 0.2) is 0 Å². The summed E-state index contributed by atoms with van der Waals surface area (Å²) in [5.41, 5.74) is 0. The van der Waals surface area contributed by atoms with Crippen LogP contribution >= 0.6 is 0 Å². The van der Waals surface area contributed by atoms with Crippen LogP contribution in [-0.2, 0) is 0 Å². The van der Waals surface area contributed by atoms with Crippen molar-refractivity contribution in [2.75, 3.05) is 13.2 Å². The van der Waals surface area contributed by atoms with Gasteiger partial charge in [-0.2, -0.15) is 0 Å². The van der Waals surface area contributed by atoms with E-state index in [1.165, 1.54) is 0 Å². The van der Waals surface area contributed by atoms with Gasteiger partial charge in [-0.1, -0.05) is 13.8 Å². The maximum Gasteiger partial charge on any atom is 1.00 e. The Hall–Kier alpha value is 4.02. The molecule has 4 heteroatoms. The van der Waals surface area contributed by atoms with Crippen LogP contribution < -0.4 is 148 Å². The van der Waals surface area contributed by atoms with Crippen molar-refractivity contribution < 1.29 is 148 Å². The Morgan fingerprint density at radius 2 is 0.875 bits per heavy atom. The van der Waals surface area contributed by atoms with Crippen molar-refractivity contribution in [1.29, 1.82) is 0 Å². The van der Waals surface area contributed by atoms with Gasteiger partial charge in [0.1, 0.15) is 0 Å². The summed E-state index contributed by atoms with van der Waals surface area (Å²) in [6.07, 6.45) is 0. The third kappa shape index (κ3) is 50.4. The molecule has 0 aromatic heterocycles. The number of hydrogen-bond acceptors (Lipinski definition) is 2. The van der Waals surface area contributed by atoms with Gasteiger partial charge in [-0.25, -0.2) is 0 Å². The van der Waals surface area contributed by atoms with E-state index in [2.05, 4.69) is 0 Å². The number of hydrogen-bond donors (Lipinski definition) is 0. The molecule has 8 heavy (non-hydrogen) atoms. The molecule has 0 bridgehead atoms. The van der Waals surface area contributed by atoms with Gasteiger partial charge in [-0.15, -0.1) is 13.2 Å². The summed E-state index contributed by atoms with van der Waals surface area (Å²) in [5, 5.41) is 17.9. The molecule has 0 saturated carbocycles. The van der Waals surface area contributed by atoms with Crippen LogP contribution in [0.5, 0.6) is 0 Å². The summed E-state index contributed by atoms with van der Waals surface area (Å²) in [5.74, 6) is 0. The minimum atomic E-state index is 0. The minimum absolute atomic E-state index is 0. The molecule has 0 saturated heterocycles. The molecule has 0 radical (unpaired) electrons. The van der Waals surface area contributed by atoms with Gasteiger partial charge in [0.25, 0.3) is 0 Å². The van der Waals surface area contributed by atoms with Crippen molar-refractivity contribution in [3.05, 3.63) is 0 Å². The van der Waals surface area contributed by atoms with Crippen LogP contribution in [0.4, 0.5) is 0 Å². The van der Waals surface area contributed by atoms with Gasteiger partial charge in [-0.05, 0) is 0 Å². The molecule has 0 aliphatic carbocycles. The van der Waals surface area contributed by atoms with Crippen molar-refractivity contribution in [3.8, 4) is 0 Å². The summed E-state index contributed by atoms with van der Waals surface area (Å²) in [7, 11) is 0. The Balaban J connectivity index is -0.0000000160. The summed E-state index contributed by atoms with van der Waals surface area (Å²) in [6.45, 7) is 3.14. The Bertz CT molecular complexity index is 14.0. The Morgan fingerprint density at radius 1 is 0.875 bits per heavy atom. The van der Waals surface area contributed by atoms with Gasteiger partial charge in [0.05, 0.1) is 0 Å². The van der Waals surface area contributed by atoms with Gasteiger partial charge in [0.2, 0.25) is 0 Å². The van der Waals surface area contributed by atoms with Crippen LogP contribution in [0.2, 0.25) is 0 Å². The van der Waals surface area contributed by atoms with E-state index in [1.807, 2.05) is 0 Å². The molecule has 0 spiro atoms. The fourth-order valence-electron chi connectivity index (χ4n) is 0. The van der Waals surface area contributed by atoms with E-state index in [0.717, 1.165) is 0 Å². The molecule has 0 fully saturated rings. The van der Waals surface area contributed by atoms with Gasteiger partial charge < -0.3 is 10.2 Å². The summed E-state index contributed by atoms with van der Waals surface area (Å²) >= 11 is 0. The van der Waals surface area contributed by atoms with Gasteiger partial charge in [0, 0.05) is 0 Å². The van der Waals surface area contributed by atoms with Crippen molar-refractivity contribution in [2.45, 2.75) is 13.8 Å². The van der Waals surface area contributed by atoms with Crippen molar-refractivity contribution >= 4 is 0 Å². The largest absolute Gasteiger partial charge is 1.00 e. The molecule has 0 aliphatic heterocycles. The van der Waals surface area contributed by atoms with Crippen LogP contribution in [-0.4, -0.2) is 13.2 Å². The molecule has 0 aromatic rings. The molecule has 0 aromatic carbocycles. The average molecular weight is 356 g/mol. The normalized spacial score (nSPS) is 4.50. The average Bonchev–Trinajstić information content (AvgIpc) is 1.39. The van der Waals surface area contributed by atoms with Crippen LogP contribution in [0.15, 0.2) is 0 Å². The first-order chi connectivity index (χ1) is 2.83. The molecule has 0 amide bonds. The van der Waals surface area contributed by atoms with E-state index in [1.54, 1.807) is 13.8 Å². The topological polar surface area (TPSA) is 46.1 Å². The fraction of sp³-hybridized carbons (Fsp3) is 1.00. The zero-order valence-corrected chi connectivity index (χ0v) is 18.8. The quantitative estimate of drug-likeness (QED) is 0.433. The molecule has 0 aliphatic rings. The summed E-state index contributed by atoms with van der Waals surface area (Å²) in [4.78, 5) is 0. The molecule has 0 N–H and O–H groups in total. The predicted molar refractivity (Wildman–Crippen MR) is 21.1 cm³/mol. The molecule has 2 nitrogen and oxygen atoms in total. The second-order valence-corrected chi connectivity index (χ2v) is 0.577. The Labute approximate surface area is 169 Å². The van der Waals surface area contributed by atoms with Crippen molar-refractivity contribution in [3.63, 3.8) is 0 Å².